The van der Waals surface area contributed by atoms with Gasteiger partial charge in [0.15, 0.2) is 5.75 Å². The minimum atomic E-state index is -0.208. The van der Waals surface area contributed by atoms with Gasteiger partial charge in [0.2, 0.25) is 0 Å². The van der Waals surface area contributed by atoms with Gasteiger partial charge in [-0.05, 0) is 59.1 Å². The molecule has 0 bridgehead atoms. The summed E-state index contributed by atoms with van der Waals surface area (Å²) in [4.78, 5) is 0. The van der Waals surface area contributed by atoms with Gasteiger partial charge in [0.25, 0.3) is 0 Å². The number of halogens is 3. The highest BCUT2D eigenvalue weighted by molar-refractivity contribution is 9.10. The van der Waals surface area contributed by atoms with Crippen LogP contribution in [-0.2, 0) is 0 Å². The number of methoxy groups -OCH3 is 1. The first-order chi connectivity index (χ1) is 9.92. The van der Waals surface area contributed by atoms with Crippen LogP contribution in [0.3, 0.4) is 0 Å². The number of aryl methyl sites for hydroxylation is 1. The zero-order valence-electron chi connectivity index (χ0n) is 12.0. The van der Waals surface area contributed by atoms with Gasteiger partial charge < -0.3 is 10.1 Å². The lowest BCUT2D eigenvalue weighted by Crippen LogP contribution is -2.08. The SMILES string of the molecule is COc1c(Br)cc(Cl)cc1NC(C)c1ccc(C)c(F)c1. The van der Waals surface area contributed by atoms with Crippen molar-refractivity contribution in [1.82, 2.24) is 0 Å². The molecule has 2 aromatic rings. The Bertz CT molecular complexity index is 663. The van der Waals surface area contributed by atoms with Crippen molar-refractivity contribution in [3.8, 4) is 5.75 Å². The Morgan fingerprint density at radius 3 is 2.62 bits per heavy atom. The van der Waals surface area contributed by atoms with E-state index >= 15 is 0 Å². The standard InChI is InChI=1S/C16H16BrClFNO/c1-9-4-5-11(6-14(9)19)10(2)20-15-8-12(18)7-13(17)16(15)21-3/h4-8,10,20H,1-3H3. The molecule has 2 rings (SSSR count). The molecule has 0 radical (unpaired) electrons. The molecule has 0 amide bonds. The molecule has 0 spiro atoms. The lowest BCUT2D eigenvalue weighted by molar-refractivity contribution is 0.413. The first-order valence-corrected chi connectivity index (χ1v) is 7.65. The molecule has 0 aromatic heterocycles. The van der Waals surface area contributed by atoms with Crippen molar-refractivity contribution < 1.29 is 9.13 Å². The Morgan fingerprint density at radius 1 is 1.29 bits per heavy atom. The predicted octanol–water partition coefficient (Wildman–Crippen LogP) is 5.73. The van der Waals surface area contributed by atoms with E-state index in [1.807, 2.05) is 13.0 Å². The lowest BCUT2D eigenvalue weighted by Gasteiger charge is -2.19. The maximum atomic E-state index is 13.7. The molecule has 1 unspecified atom stereocenters. The Morgan fingerprint density at radius 2 is 2.00 bits per heavy atom. The van der Waals surface area contributed by atoms with E-state index < -0.39 is 0 Å². The average Bonchev–Trinajstić information content (AvgIpc) is 2.41. The molecule has 0 saturated carbocycles. The van der Waals surface area contributed by atoms with Crippen LogP contribution in [0.1, 0.15) is 24.1 Å². The van der Waals surface area contributed by atoms with Gasteiger partial charge in [-0.25, -0.2) is 4.39 Å². The fraction of sp³-hybridized carbons (Fsp3) is 0.250. The third kappa shape index (κ3) is 3.69. The highest BCUT2D eigenvalue weighted by Crippen LogP contribution is 2.38. The van der Waals surface area contributed by atoms with Crippen molar-refractivity contribution >= 4 is 33.2 Å². The third-order valence-electron chi connectivity index (χ3n) is 3.28. The molecule has 0 aliphatic rings. The minimum absolute atomic E-state index is 0.0839. The molecule has 2 nitrogen and oxygen atoms in total. The molecule has 21 heavy (non-hydrogen) atoms. The summed E-state index contributed by atoms with van der Waals surface area (Å²) in [5, 5.41) is 3.89. The van der Waals surface area contributed by atoms with Crippen LogP contribution in [0.2, 0.25) is 5.02 Å². The van der Waals surface area contributed by atoms with Crippen molar-refractivity contribution in [1.29, 1.82) is 0 Å². The maximum Gasteiger partial charge on any atom is 0.156 e. The van der Waals surface area contributed by atoms with E-state index in [-0.39, 0.29) is 11.9 Å². The second kappa shape index (κ2) is 6.67. The van der Waals surface area contributed by atoms with Gasteiger partial charge in [0.05, 0.1) is 17.3 Å². The van der Waals surface area contributed by atoms with Gasteiger partial charge >= 0.3 is 0 Å². The second-order valence-electron chi connectivity index (χ2n) is 4.84. The Labute approximate surface area is 137 Å². The fourth-order valence-corrected chi connectivity index (χ4v) is 3.04. The molecule has 0 aliphatic heterocycles. The molecular formula is C16H16BrClFNO. The van der Waals surface area contributed by atoms with Crippen molar-refractivity contribution in [2.45, 2.75) is 19.9 Å². The molecule has 112 valence electrons. The van der Waals surface area contributed by atoms with Crippen LogP contribution in [-0.4, -0.2) is 7.11 Å². The van der Waals surface area contributed by atoms with E-state index in [1.54, 1.807) is 38.3 Å². The minimum Gasteiger partial charge on any atom is -0.493 e. The Kier molecular flexibility index (Phi) is 5.12. The summed E-state index contributed by atoms with van der Waals surface area (Å²) in [6.07, 6.45) is 0. The summed E-state index contributed by atoms with van der Waals surface area (Å²) in [5.74, 6) is 0.458. The van der Waals surface area contributed by atoms with E-state index in [0.717, 1.165) is 15.7 Å². The fourth-order valence-electron chi connectivity index (χ4n) is 2.07. The van der Waals surface area contributed by atoms with E-state index in [0.29, 0.717) is 16.3 Å². The molecule has 0 saturated heterocycles. The van der Waals surface area contributed by atoms with Crippen molar-refractivity contribution in [3.63, 3.8) is 0 Å². The maximum absolute atomic E-state index is 13.7. The monoisotopic (exact) mass is 371 g/mol. The largest absolute Gasteiger partial charge is 0.493 e. The number of rotatable bonds is 4. The number of benzene rings is 2. The molecule has 2 aromatic carbocycles. The van der Waals surface area contributed by atoms with Gasteiger partial charge in [-0.15, -0.1) is 0 Å². The van der Waals surface area contributed by atoms with Crippen LogP contribution in [0.25, 0.3) is 0 Å². The topological polar surface area (TPSA) is 21.3 Å². The highest BCUT2D eigenvalue weighted by atomic mass is 79.9. The highest BCUT2D eigenvalue weighted by Gasteiger charge is 2.13. The van der Waals surface area contributed by atoms with Crippen LogP contribution in [0, 0.1) is 12.7 Å². The quantitative estimate of drug-likeness (QED) is 0.740. The zero-order valence-corrected chi connectivity index (χ0v) is 14.3. The van der Waals surface area contributed by atoms with Crippen LogP contribution in [0.15, 0.2) is 34.8 Å². The van der Waals surface area contributed by atoms with Gasteiger partial charge in [-0.3, -0.25) is 0 Å². The smallest absolute Gasteiger partial charge is 0.156 e. The summed E-state index contributed by atoms with van der Waals surface area (Å²) in [7, 11) is 1.59. The molecule has 0 aliphatic carbocycles. The Hall–Kier alpha value is -1.26. The summed E-state index contributed by atoms with van der Waals surface area (Å²) in [6.45, 7) is 3.70. The summed E-state index contributed by atoms with van der Waals surface area (Å²) < 4.78 is 19.8. The molecule has 0 fully saturated rings. The Balaban J connectivity index is 2.30. The number of ether oxygens (including phenoxy) is 1. The van der Waals surface area contributed by atoms with Gasteiger partial charge in [-0.2, -0.15) is 0 Å². The molecular weight excluding hydrogens is 357 g/mol. The van der Waals surface area contributed by atoms with Crippen LogP contribution >= 0.6 is 27.5 Å². The molecule has 0 heterocycles. The first-order valence-electron chi connectivity index (χ1n) is 6.48. The van der Waals surface area contributed by atoms with Gasteiger partial charge in [0, 0.05) is 11.1 Å². The second-order valence-corrected chi connectivity index (χ2v) is 6.13. The predicted molar refractivity (Wildman–Crippen MR) is 88.9 cm³/mol. The number of anilines is 1. The van der Waals surface area contributed by atoms with E-state index in [2.05, 4.69) is 21.2 Å². The number of nitrogens with one attached hydrogen (secondary N) is 1. The van der Waals surface area contributed by atoms with Crippen molar-refractivity contribution in [3.05, 3.63) is 56.8 Å². The van der Waals surface area contributed by atoms with Gasteiger partial charge in [0.1, 0.15) is 5.82 Å². The van der Waals surface area contributed by atoms with E-state index in [4.69, 9.17) is 16.3 Å². The lowest BCUT2D eigenvalue weighted by atomic mass is 10.1. The zero-order chi connectivity index (χ0) is 15.6. The summed E-state index contributed by atoms with van der Waals surface area (Å²) in [5.41, 5.74) is 2.25. The normalized spacial score (nSPS) is 12.1. The summed E-state index contributed by atoms with van der Waals surface area (Å²) >= 11 is 9.48. The van der Waals surface area contributed by atoms with E-state index in [9.17, 15) is 4.39 Å². The molecule has 1 N–H and O–H groups in total. The van der Waals surface area contributed by atoms with Crippen molar-refractivity contribution in [2.75, 3.05) is 12.4 Å². The van der Waals surface area contributed by atoms with Crippen molar-refractivity contribution in [2.24, 2.45) is 0 Å². The summed E-state index contributed by atoms with van der Waals surface area (Å²) in [6, 6.07) is 8.68. The molecule has 1 atom stereocenters. The van der Waals surface area contributed by atoms with E-state index in [1.165, 1.54) is 0 Å². The van der Waals surface area contributed by atoms with Crippen LogP contribution < -0.4 is 10.1 Å². The van der Waals surface area contributed by atoms with Gasteiger partial charge in [-0.1, -0.05) is 23.7 Å². The number of hydrogen-bond donors (Lipinski definition) is 1. The van der Waals surface area contributed by atoms with Crippen LogP contribution in [0.5, 0.6) is 5.75 Å². The third-order valence-corrected chi connectivity index (χ3v) is 4.09. The molecule has 5 heteroatoms. The van der Waals surface area contributed by atoms with Crippen LogP contribution in [0.4, 0.5) is 10.1 Å². The number of hydrogen-bond acceptors (Lipinski definition) is 2. The average molecular weight is 373 g/mol. The first kappa shape index (κ1) is 16.1.